The summed E-state index contributed by atoms with van der Waals surface area (Å²) in [7, 11) is 0. The van der Waals surface area contributed by atoms with Crippen LogP contribution in [-0.2, 0) is 9.53 Å². The van der Waals surface area contributed by atoms with Crippen LogP contribution in [0.4, 0.5) is 17.6 Å². The highest BCUT2D eigenvalue weighted by Crippen LogP contribution is 2.39. The van der Waals surface area contributed by atoms with Gasteiger partial charge < -0.3 is 15.2 Å². The number of alkyl halides is 3. The lowest BCUT2D eigenvalue weighted by molar-refractivity contribution is -0.183. The molecule has 2 atom stereocenters. The van der Waals surface area contributed by atoms with Gasteiger partial charge >= 0.3 is 12.1 Å². The second-order valence-corrected chi connectivity index (χ2v) is 11.1. The number of aromatic nitrogens is 4. The number of esters is 1. The molecule has 0 spiro atoms. The summed E-state index contributed by atoms with van der Waals surface area (Å²) in [5.74, 6) is -0.837. The van der Waals surface area contributed by atoms with Gasteiger partial charge in [-0.2, -0.15) is 13.2 Å². The number of ether oxygens (including phenoxy) is 2. The summed E-state index contributed by atoms with van der Waals surface area (Å²) in [6, 6.07) is 6.65. The zero-order chi connectivity index (χ0) is 30.2. The fourth-order valence-electron chi connectivity index (χ4n) is 4.89. The Morgan fingerprint density at radius 3 is 2.62 bits per heavy atom. The van der Waals surface area contributed by atoms with Gasteiger partial charge in [-0.3, -0.25) is 14.1 Å². The molecule has 2 N–H and O–H groups in total. The maximum Gasteiger partial charge on any atom is 0.408 e. The Labute approximate surface area is 239 Å². The van der Waals surface area contributed by atoms with E-state index in [1.807, 2.05) is 6.92 Å². The summed E-state index contributed by atoms with van der Waals surface area (Å²) < 4.78 is 69.5. The van der Waals surface area contributed by atoms with Crippen LogP contribution in [0, 0.1) is 11.2 Å². The van der Waals surface area contributed by atoms with Crippen LogP contribution in [0.5, 0.6) is 5.75 Å². The molecule has 0 bridgehead atoms. The molecular formula is C29H32F4N6O3. The number of hydrogen-bond donors (Lipinski definition) is 1. The Bertz CT molecular complexity index is 1610. The predicted molar refractivity (Wildman–Crippen MR) is 147 cm³/mol. The second-order valence-electron chi connectivity index (χ2n) is 11.1. The number of carbonyl (C=O) groups excluding carboxylic acids is 1. The average Bonchev–Trinajstić information content (AvgIpc) is 3.56. The molecule has 0 saturated carbocycles. The lowest BCUT2D eigenvalue weighted by atomic mass is 9.91. The number of hydrogen-bond acceptors (Lipinski definition) is 8. The Morgan fingerprint density at radius 1 is 1.14 bits per heavy atom. The SMILES string of the molecule is CCC(C)(C)C(=O)OCCOc1cc2nc(-c3nnc4ccc([C@@H](N5CCC(N)C5)C(F)(F)F)cn34)ccc2cc1F. The normalized spacial score (nSPS) is 17.2. The summed E-state index contributed by atoms with van der Waals surface area (Å²) in [6.45, 7) is 5.71. The Kier molecular flexibility index (Phi) is 8.08. The number of pyridine rings is 2. The van der Waals surface area contributed by atoms with Gasteiger partial charge in [-0.15, -0.1) is 10.2 Å². The van der Waals surface area contributed by atoms with Crippen molar-refractivity contribution in [1.29, 1.82) is 0 Å². The van der Waals surface area contributed by atoms with Crippen molar-refractivity contribution < 1.29 is 31.8 Å². The van der Waals surface area contributed by atoms with Gasteiger partial charge in [0.05, 0.1) is 10.9 Å². The van der Waals surface area contributed by atoms with Gasteiger partial charge in [-0.1, -0.05) is 19.1 Å². The molecule has 4 aromatic rings. The summed E-state index contributed by atoms with van der Waals surface area (Å²) in [5, 5.41) is 8.75. The minimum Gasteiger partial charge on any atom is -0.487 e. The third-order valence-corrected chi connectivity index (χ3v) is 7.65. The minimum absolute atomic E-state index is 0.0340. The molecule has 1 aliphatic rings. The van der Waals surface area contributed by atoms with Crippen LogP contribution in [0.15, 0.2) is 42.6 Å². The standard InChI is InChI=1S/C29H32F4N6O3/c1-4-28(2,3)27(40)42-12-11-41-23-14-22-17(13-20(23)30)5-7-21(35-22)26-37-36-24-8-6-18(15-39(24)26)25(29(31,32)33)38-10-9-19(34)16-38/h5-8,13-15,19,25H,4,9-12,16,34H2,1-3H3/t19?,25-/m1/s1. The average molecular weight is 589 g/mol. The Balaban J connectivity index is 1.41. The summed E-state index contributed by atoms with van der Waals surface area (Å²) in [6.07, 6.45) is -2.04. The molecule has 0 amide bonds. The van der Waals surface area contributed by atoms with Gasteiger partial charge in [0.2, 0.25) is 0 Å². The molecule has 4 heterocycles. The van der Waals surface area contributed by atoms with Gasteiger partial charge in [-0.25, -0.2) is 9.37 Å². The number of carbonyl (C=O) groups is 1. The summed E-state index contributed by atoms with van der Waals surface area (Å²) in [5.41, 5.74) is 6.35. The lowest BCUT2D eigenvalue weighted by Crippen LogP contribution is -2.38. The number of halogens is 4. The van der Waals surface area contributed by atoms with Crippen molar-refractivity contribution in [3.8, 4) is 17.3 Å². The molecule has 42 heavy (non-hydrogen) atoms. The fourth-order valence-corrected chi connectivity index (χ4v) is 4.89. The smallest absolute Gasteiger partial charge is 0.408 e. The van der Waals surface area contributed by atoms with E-state index in [1.54, 1.807) is 26.0 Å². The first-order chi connectivity index (χ1) is 19.9. The summed E-state index contributed by atoms with van der Waals surface area (Å²) >= 11 is 0. The van der Waals surface area contributed by atoms with Crippen molar-refractivity contribution in [2.45, 2.75) is 51.9 Å². The zero-order valence-electron chi connectivity index (χ0n) is 23.5. The number of benzene rings is 1. The van der Waals surface area contributed by atoms with Crippen LogP contribution in [0.2, 0.25) is 0 Å². The number of rotatable bonds is 9. The Morgan fingerprint density at radius 2 is 1.93 bits per heavy atom. The van der Waals surface area contributed by atoms with Crippen molar-refractivity contribution in [3.05, 3.63) is 54.0 Å². The molecule has 13 heteroatoms. The molecule has 1 fully saturated rings. The monoisotopic (exact) mass is 588 g/mol. The molecule has 1 aliphatic heterocycles. The molecule has 224 valence electrons. The van der Waals surface area contributed by atoms with Crippen molar-refractivity contribution in [2.24, 2.45) is 11.1 Å². The van der Waals surface area contributed by atoms with Crippen molar-refractivity contribution in [1.82, 2.24) is 24.5 Å². The zero-order valence-corrected chi connectivity index (χ0v) is 23.5. The van der Waals surface area contributed by atoms with Crippen molar-refractivity contribution in [2.75, 3.05) is 26.3 Å². The maximum atomic E-state index is 14.7. The molecule has 3 aromatic heterocycles. The van der Waals surface area contributed by atoms with Crippen molar-refractivity contribution >= 4 is 22.5 Å². The first kappa shape index (κ1) is 29.6. The quantitative estimate of drug-likeness (QED) is 0.164. The second kappa shape index (κ2) is 11.4. The summed E-state index contributed by atoms with van der Waals surface area (Å²) in [4.78, 5) is 18.1. The van der Waals surface area contributed by atoms with Crippen LogP contribution in [0.1, 0.15) is 45.2 Å². The topological polar surface area (TPSA) is 108 Å². The van der Waals surface area contributed by atoms with E-state index in [2.05, 4.69) is 15.2 Å². The maximum absolute atomic E-state index is 14.7. The number of nitrogens with two attached hydrogens (primary N) is 1. The molecular weight excluding hydrogens is 556 g/mol. The van der Waals surface area contributed by atoms with Crippen LogP contribution in [0.25, 0.3) is 28.1 Å². The van der Waals surface area contributed by atoms with E-state index < -0.39 is 23.5 Å². The third-order valence-electron chi connectivity index (χ3n) is 7.65. The molecule has 0 radical (unpaired) electrons. The number of likely N-dealkylation sites (tertiary alicyclic amines) is 1. The molecule has 0 aliphatic carbocycles. The molecule has 1 unspecified atom stereocenters. The Hall–Kier alpha value is -3.84. The predicted octanol–water partition coefficient (Wildman–Crippen LogP) is 5.08. The molecule has 1 saturated heterocycles. The number of nitrogens with zero attached hydrogens (tertiary/aromatic N) is 5. The highest BCUT2D eigenvalue weighted by molar-refractivity contribution is 5.82. The van der Waals surface area contributed by atoms with Crippen LogP contribution >= 0.6 is 0 Å². The highest BCUT2D eigenvalue weighted by atomic mass is 19.4. The van der Waals surface area contributed by atoms with E-state index in [0.29, 0.717) is 35.1 Å². The first-order valence-corrected chi connectivity index (χ1v) is 13.7. The molecule has 9 nitrogen and oxygen atoms in total. The fraction of sp³-hybridized carbons (Fsp3) is 0.448. The van der Waals surface area contributed by atoms with E-state index in [4.69, 9.17) is 15.2 Å². The largest absolute Gasteiger partial charge is 0.487 e. The first-order valence-electron chi connectivity index (χ1n) is 13.7. The van der Waals surface area contributed by atoms with Crippen LogP contribution in [0.3, 0.4) is 0 Å². The highest BCUT2D eigenvalue weighted by Gasteiger charge is 2.46. The van der Waals surface area contributed by atoms with Gasteiger partial charge in [0.15, 0.2) is 23.0 Å². The van der Waals surface area contributed by atoms with Crippen LogP contribution < -0.4 is 10.5 Å². The van der Waals surface area contributed by atoms with E-state index in [9.17, 15) is 22.4 Å². The molecule has 5 rings (SSSR count). The van der Waals surface area contributed by atoms with E-state index in [0.717, 1.165) is 0 Å². The lowest BCUT2D eigenvalue weighted by Gasteiger charge is -2.30. The third kappa shape index (κ3) is 6.02. The number of fused-ring (bicyclic) bond motifs is 2. The van der Waals surface area contributed by atoms with Gasteiger partial charge in [-0.05, 0) is 50.5 Å². The van der Waals surface area contributed by atoms with E-state index >= 15 is 0 Å². The van der Waals surface area contributed by atoms with E-state index in [1.165, 1.54) is 39.8 Å². The van der Waals surface area contributed by atoms with Crippen LogP contribution in [-0.4, -0.2) is 69.0 Å². The van der Waals surface area contributed by atoms with Gasteiger partial charge in [0.1, 0.15) is 24.9 Å². The van der Waals surface area contributed by atoms with Gasteiger partial charge in [0, 0.05) is 36.8 Å². The minimum atomic E-state index is -4.52. The van der Waals surface area contributed by atoms with E-state index in [-0.39, 0.29) is 55.5 Å². The van der Waals surface area contributed by atoms with Gasteiger partial charge in [0.25, 0.3) is 0 Å². The van der Waals surface area contributed by atoms with Crippen molar-refractivity contribution in [3.63, 3.8) is 0 Å². The molecule has 1 aromatic carbocycles.